The highest BCUT2D eigenvalue weighted by molar-refractivity contribution is 5.91. The Balaban J connectivity index is 1.63. The minimum Gasteiger partial charge on any atom is -0.457 e. The average molecular weight is 386 g/mol. The molecular formula is C24H26N4O. The Labute approximate surface area is 172 Å². The molecule has 2 aromatic carbocycles. The third kappa shape index (κ3) is 4.09. The molecule has 1 aliphatic heterocycles. The minimum absolute atomic E-state index is 0.696. The van der Waals surface area contributed by atoms with Crippen LogP contribution in [0.3, 0.4) is 0 Å². The van der Waals surface area contributed by atoms with Gasteiger partial charge in [0.25, 0.3) is 0 Å². The van der Waals surface area contributed by atoms with Crippen LogP contribution < -0.4 is 15.0 Å². The van der Waals surface area contributed by atoms with E-state index in [9.17, 15) is 0 Å². The predicted octanol–water partition coefficient (Wildman–Crippen LogP) is 5.39. The van der Waals surface area contributed by atoms with E-state index in [1.165, 1.54) is 11.1 Å². The fourth-order valence-electron chi connectivity index (χ4n) is 3.51. The van der Waals surface area contributed by atoms with E-state index in [4.69, 9.17) is 9.72 Å². The lowest BCUT2D eigenvalue weighted by molar-refractivity contribution is 0.482. The molecule has 1 aromatic heterocycles. The number of nitrogens with zero attached hydrogens (tertiary/aromatic N) is 3. The van der Waals surface area contributed by atoms with E-state index >= 15 is 0 Å². The van der Waals surface area contributed by atoms with Crippen molar-refractivity contribution in [1.82, 2.24) is 9.97 Å². The largest absolute Gasteiger partial charge is 0.457 e. The lowest BCUT2D eigenvalue weighted by Gasteiger charge is -2.30. The predicted molar refractivity (Wildman–Crippen MR) is 120 cm³/mol. The zero-order chi connectivity index (χ0) is 20.2. The number of para-hydroxylation sites is 1. The normalized spacial score (nSPS) is 12.9. The fraction of sp³-hybridized carbons (Fsp3) is 0.250. The van der Waals surface area contributed by atoms with Crippen LogP contribution in [0.4, 0.5) is 11.8 Å². The summed E-state index contributed by atoms with van der Waals surface area (Å²) in [6.07, 6.45) is 2.22. The summed E-state index contributed by atoms with van der Waals surface area (Å²) in [4.78, 5) is 11.7. The summed E-state index contributed by atoms with van der Waals surface area (Å²) in [7, 11) is 0. The molecule has 0 saturated heterocycles. The highest BCUT2D eigenvalue weighted by atomic mass is 16.5. The molecule has 1 aliphatic rings. The summed E-state index contributed by atoms with van der Waals surface area (Å²) in [5.41, 5.74) is 4.53. The third-order valence-electron chi connectivity index (χ3n) is 5.02. The molecule has 0 amide bonds. The summed E-state index contributed by atoms with van der Waals surface area (Å²) in [6, 6.07) is 18.1. The van der Waals surface area contributed by atoms with Crippen LogP contribution in [-0.4, -0.2) is 29.6 Å². The van der Waals surface area contributed by atoms with Crippen LogP contribution in [0.2, 0.25) is 0 Å². The molecular weight excluding hydrogens is 360 g/mol. The van der Waals surface area contributed by atoms with E-state index in [1.54, 1.807) is 0 Å². The second-order valence-corrected chi connectivity index (χ2v) is 7.02. The second-order valence-electron chi connectivity index (χ2n) is 7.02. The fourth-order valence-corrected chi connectivity index (χ4v) is 3.51. The van der Waals surface area contributed by atoms with Crippen molar-refractivity contribution in [2.75, 3.05) is 29.9 Å². The lowest BCUT2D eigenvalue weighted by atomic mass is 9.98. The molecule has 0 radical (unpaired) electrons. The standard InChI is InChI=1S/C24H26N4O/c1-4-25-24-26-17(3)22-15-19(16-28(5-2)23(22)27-24)18-11-13-21(14-12-18)29-20-9-7-6-8-10-20/h6-15H,4-5,16H2,1-3H3,(H,25,26,27). The van der Waals surface area contributed by atoms with Gasteiger partial charge in [-0.05, 0) is 62.2 Å². The first-order chi connectivity index (χ1) is 14.2. The number of nitrogens with one attached hydrogen (secondary N) is 1. The van der Waals surface area contributed by atoms with Gasteiger partial charge < -0.3 is 15.0 Å². The Morgan fingerprint density at radius 3 is 2.38 bits per heavy atom. The van der Waals surface area contributed by atoms with Crippen molar-refractivity contribution in [3.8, 4) is 11.5 Å². The van der Waals surface area contributed by atoms with Gasteiger partial charge in [0, 0.05) is 25.2 Å². The third-order valence-corrected chi connectivity index (χ3v) is 5.02. The molecule has 148 valence electrons. The van der Waals surface area contributed by atoms with Gasteiger partial charge in [-0.25, -0.2) is 4.98 Å². The number of likely N-dealkylation sites (N-methyl/N-ethyl adjacent to an activating group) is 1. The molecule has 0 spiro atoms. The summed E-state index contributed by atoms with van der Waals surface area (Å²) in [5.74, 6) is 3.37. The first-order valence-corrected chi connectivity index (χ1v) is 10.1. The van der Waals surface area contributed by atoms with Gasteiger partial charge in [0.15, 0.2) is 0 Å². The summed E-state index contributed by atoms with van der Waals surface area (Å²) < 4.78 is 5.92. The van der Waals surface area contributed by atoms with Crippen molar-refractivity contribution >= 4 is 23.4 Å². The summed E-state index contributed by atoms with van der Waals surface area (Å²) in [5, 5.41) is 3.23. The minimum atomic E-state index is 0.696. The highest BCUT2D eigenvalue weighted by Gasteiger charge is 2.22. The Morgan fingerprint density at radius 1 is 0.966 bits per heavy atom. The van der Waals surface area contributed by atoms with Gasteiger partial charge in [-0.15, -0.1) is 0 Å². The number of hydrogen-bond donors (Lipinski definition) is 1. The molecule has 0 atom stereocenters. The lowest BCUT2D eigenvalue weighted by Crippen LogP contribution is -2.30. The van der Waals surface area contributed by atoms with Gasteiger partial charge in [0.2, 0.25) is 5.95 Å². The van der Waals surface area contributed by atoms with Crippen molar-refractivity contribution in [3.05, 3.63) is 71.4 Å². The zero-order valence-corrected chi connectivity index (χ0v) is 17.1. The number of rotatable bonds is 6. The second kappa shape index (κ2) is 8.35. The highest BCUT2D eigenvalue weighted by Crippen LogP contribution is 2.34. The van der Waals surface area contributed by atoms with E-state index < -0.39 is 0 Å². The number of benzene rings is 2. The number of aromatic nitrogens is 2. The van der Waals surface area contributed by atoms with Crippen LogP contribution in [0.1, 0.15) is 30.7 Å². The molecule has 5 heteroatoms. The van der Waals surface area contributed by atoms with Crippen LogP contribution in [0.5, 0.6) is 11.5 Å². The van der Waals surface area contributed by atoms with Gasteiger partial charge in [0.1, 0.15) is 17.3 Å². The van der Waals surface area contributed by atoms with Crippen LogP contribution in [-0.2, 0) is 0 Å². The van der Waals surface area contributed by atoms with Crippen LogP contribution in [0.15, 0.2) is 54.6 Å². The van der Waals surface area contributed by atoms with E-state index in [0.717, 1.165) is 48.2 Å². The van der Waals surface area contributed by atoms with Crippen molar-refractivity contribution in [2.24, 2.45) is 0 Å². The zero-order valence-electron chi connectivity index (χ0n) is 17.1. The molecule has 29 heavy (non-hydrogen) atoms. The smallest absolute Gasteiger partial charge is 0.224 e. The molecule has 0 aliphatic carbocycles. The summed E-state index contributed by atoms with van der Waals surface area (Å²) in [6.45, 7) is 8.78. The van der Waals surface area contributed by atoms with E-state index in [1.807, 2.05) is 49.4 Å². The van der Waals surface area contributed by atoms with Crippen LogP contribution >= 0.6 is 0 Å². The molecule has 1 N–H and O–H groups in total. The van der Waals surface area contributed by atoms with Gasteiger partial charge in [-0.1, -0.05) is 30.3 Å². The molecule has 3 aromatic rings. The van der Waals surface area contributed by atoms with Crippen molar-refractivity contribution in [2.45, 2.75) is 20.8 Å². The maximum absolute atomic E-state index is 5.92. The molecule has 0 saturated carbocycles. The number of fused-ring (bicyclic) bond motifs is 1. The Bertz CT molecular complexity index is 1010. The van der Waals surface area contributed by atoms with Crippen molar-refractivity contribution < 1.29 is 4.74 Å². The van der Waals surface area contributed by atoms with Crippen LogP contribution in [0, 0.1) is 6.92 Å². The number of aryl methyl sites for hydroxylation is 1. The Morgan fingerprint density at radius 2 is 1.69 bits per heavy atom. The topological polar surface area (TPSA) is 50.3 Å². The van der Waals surface area contributed by atoms with Gasteiger partial charge in [-0.2, -0.15) is 4.98 Å². The van der Waals surface area contributed by atoms with Crippen LogP contribution in [0.25, 0.3) is 11.6 Å². The molecule has 4 rings (SSSR count). The maximum Gasteiger partial charge on any atom is 0.224 e. The molecule has 2 heterocycles. The molecule has 5 nitrogen and oxygen atoms in total. The number of hydrogen-bond acceptors (Lipinski definition) is 5. The van der Waals surface area contributed by atoms with E-state index in [0.29, 0.717) is 5.95 Å². The van der Waals surface area contributed by atoms with Crippen molar-refractivity contribution in [3.63, 3.8) is 0 Å². The first kappa shape index (κ1) is 19.0. The molecule has 0 fully saturated rings. The van der Waals surface area contributed by atoms with Gasteiger partial charge in [-0.3, -0.25) is 0 Å². The Hall–Kier alpha value is -3.34. The first-order valence-electron chi connectivity index (χ1n) is 10.1. The maximum atomic E-state index is 5.92. The molecule has 0 unspecified atom stereocenters. The van der Waals surface area contributed by atoms with E-state index in [2.05, 4.69) is 47.3 Å². The van der Waals surface area contributed by atoms with E-state index in [-0.39, 0.29) is 0 Å². The quantitative estimate of drug-likeness (QED) is 0.615. The monoisotopic (exact) mass is 386 g/mol. The SMILES string of the molecule is CCNc1nc(C)c2c(n1)N(CC)CC(c1ccc(Oc3ccccc3)cc1)=C2. The number of anilines is 2. The summed E-state index contributed by atoms with van der Waals surface area (Å²) >= 11 is 0. The van der Waals surface area contributed by atoms with Crippen molar-refractivity contribution in [1.29, 1.82) is 0 Å². The molecule has 0 bridgehead atoms. The van der Waals surface area contributed by atoms with Gasteiger partial charge in [0.05, 0.1) is 5.69 Å². The van der Waals surface area contributed by atoms with Gasteiger partial charge >= 0.3 is 0 Å². The Kier molecular flexibility index (Phi) is 5.47. The average Bonchev–Trinajstić information content (AvgIpc) is 2.75. The number of ether oxygens (including phenoxy) is 1.